The van der Waals surface area contributed by atoms with Gasteiger partial charge >= 0.3 is 0 Å². The highest BCUT2D eigenvalue weighted by Gasteiger charge is 2.31. The van der Waals surface area contributed by atoms with E-state index < -0.39 is 0 Å². The smallest absolute Gasteiger partial charge is 0.0275 e. The highest BCUT2D eigenvalue weighted by molar-refractivity contribution is 4.91. The summed E-state index contributed by atoms with van der Waals surface area (Å²) in [6.07, 6.45) is 0. The molecule has 0 amide bonds. The van der Waals surface area contributed by atoms with E-state index in [4.69, 9.17) is 0 Å². The molecule has 1 atom stereocenters. The van der Waals surface area contributed by atoms with Crippen LogP contribution in [0.25, 0.3) is 0 Å². The number of rotatable bonds is 1. The predicted octanol–water partition coefficient (Wildman–Crippen LogP) is 1.32. The largest absolute Gasteiger partial charge is 0.311 e. The Kier molecular flexibility index (Phi) is 2.79. The lowest BCUT2D eigenvalue weighted by Gasteiger charge is -2.45. The standard InChI is InChI=1S/C10H22N2/c1-8(2)9-6-12(5)10(3,4)7-11-9/h8-9,11H,6-7H2,1-5H3/t9-/m0/s1. The normalized spacial score (nSPS) is 31.0. The van der Waals surface area contributed by atoms with Gasteiger partial charge in [-0.3, -0.25) is 4.90 Å². The fourth-order valence-corrected chi connectivity index (χ4v) is 1.57. The molecule has 1 aliphatic heterocycles. The van der Waals surface area contributed by atoms with Crippen molar-refractivity contribution in [2.24, 2.45) is 5.92 Å². The van der Waals surface area contributed by atoms with Crippen molar-refractivity contribution in [3.8, 4) is 0 Å². The molecule has 1 rings (SSSR count). The van der Waals surface area contributed by atoms with Crippen LogP contribution in [0.5, 0.6) is 0 Å². The van der Waals surface area contributed by atoms with Gasteiger partial charge in [-0.05, 0) is 26.8 Å². The van der Waals surface area contributed by atoms with Crippen LogP contribution < -0.4 is 5.32 Å². The highest BCUT2D eigenvalue weighted by Crippen LogP contribution is 2.18. The molecule has 0 aromatic carbocycles. The number of nitrogens with one attached hydrogen (secondary N) is 1. The Morgan fingerprint density at radius 1 is 1.42 bits per heavy atom. The fourth-order valence-electron chi connectivity index (χ4n) is 1.57. The Morgan fingerprint density at radius 3 is 2.42 bits per heavy atom. The van der Waals surface area contributed by atoms with Gasteiger partial charge in [-0.15, -0.1) is 0 Å². The number of hydrogen-bond donors (Lipinski definition) is 1. The van der Waals surface area contributed by atoms with Gasteiger partial charge < -0.3 is 5.32 Å². The first-order valence-electron chi connectivity index (χ1n) is 4.88. The van der Waals surface area contributed by atoms with Gasteiger partial charge in [0.15, 0.2) is 0 Å². The molecule has 0 aromatic rings. The van der Waals surface area contributed by atoms with Gasteiger partial charge in [-0.25, -0.2) is 0 Å². The topological polar surface area (TPSA) is 15.3 Å². The van der Waals surface area contributed by atoms with Gasteiger partial charge in [0.05, 0.1) is 0 Å². The van der Waals surface area contributed by atoms with Crippen LogP contribution in [0.4, 0.5) is 0 Å². The lowest BCUT2D eigenvalue weighted by molar-refractivity contribution is 0.0809. The first kappa shape index (κ1) is 10.0. The molecule has 0 radical (unpaired) electrons. The van der Waals surface area contributed by atoms with Gasteiger partial charge in [-0.2, -0.15) is 0 Å². The molecule has 0 saturated carbocycles. The number of hydrogen-bond acceptors (Lipinski definition) is 2. The minimum absolute atomic E-state index is 0.325. The SMILES string of the molecule is CC(C)[C@@H]1CN(C)C(C)(C)CN1. The predicted molar refractivity (Wildman–Crippen MR) is 53.3 cm³/mol. The zero-order valence-electron chi connectivity index (χ0n) is 9.02. The first-order chi connectivity index (χ1) is 5.43. The summed E-state index contributed by atoms with van der Waals surface area (Å²) in [4.78, 5) is 2.45. The van der Waals surface area contributed by atoms with Crippen molar-refractivity contribution < 1.29 is 0 Å². The van der Waals surface area contributed by atoms with Crippen LogP contribution >= 0.6 is 0 Å². The molecule has 72 valence electrons. The summed E-state index contributed by atoms with van der Waals surface area (Å²) in [6, 6.07) is 0.669. The molecule has 12 heavy (non-hydrogen) atoms. The molecule has 0 unspecified atom stereocenters. The number of piperazine rings is 1. The average Bonchev–Trinajstić information content (AvgIpc) is 1.94. The summed E-state index contributed by atoms with van der Waals surface area (Å²) in [5.41, 5.74) is 0.325. The van der Waals surface area contributed by atoms with E-state index in [1.165, 1.54) is 6.54 Å². The molecule has 0 spiro atoms. The van der Waals surface area contributed by atoms with Gasteiger partial charge in [0.25, 0.3) is 0 Å². The summed E-state index contributed by atoms with van der Waals surface area (Å²) >= 11 is 0. The third kappa shape index (κ3) is 1.99. The third-order valence-corrected chi connectivity index (χ3v) is 3.11. The molecule has 1 fully saturated rings. The van der Waals surface area contributed by atoms with E-state index in [9.17, 15) is 0 Å². The van der Waals surface area contributed by atoms with E-state index in [-0.39, 0.29) is 0 Å². The van der Waals surface area contributed by atoms with E-state index >= 15 is 0 Å². The summed E-state index contributed by atoms with van der Waals surface area (Å²) in [7, 11) is 2.22. The van der Waals surface area contributed by atoms with Gasteiger partial charge in [-0.1, -0.05) is 13.8 Å². The van der Waals surface area contributed by atoms with E-state index in [0.29, 0.717) is 11.6 Å². The molecule has 1 heterocycles. The molecule has 1 saturated heterocycles. The van der Waals surface area contributed by atoms with E-state index in [2.05, 4.69) is 45.0 Å². The maximum atomic E-state index is 3.60. The molecule has 0 bridgehead atoms. The second-order valence-electron chi connectivity index (χ2n) is 4.92. The maximum absolute atomic E-state index is 3.60. The monoisotopic (exact) mass is 170 g/mol. The van der Waals surface area contributed by atoms with Gasteiger partial charge in [0.2, 0.25) is 0 Å². The second-order valence-corrected chi connectivity index (χ2v) is 4.92. The van der Waals surface area contributed by atoms with Crippen LogP contribution in [0.15, 0.2) is 0 Å². The van der Waals surface area contributed by atoms with E-state index in [0.717, 1.165) is 12.5 Å². The molecule has 2 nitrogen and oxygen atoms in total. The summed E-state index contributed by atoms with van der Waals surface area (Å²) in [6.45, 7) is 11.4. The van der Waals surface area contributed by atoms with Crippen LogP contribution in [-0.4, -0.2) is 36.6 Å². The second kappa shape index (κ2) is 3.35. The lowest BCUT2D eigenvalue weighted by Crippen LogP contribution is -2.61. The summed E-state index contributed by atoms with van der Waals surface area (Å²) < 4.78 is 0. The Labute approximate surface area is 76.3 Å². The summed E-state index contributed by atoms with van der Waals surface area (Å²) in [5, 5.41) is 3.60. The molecule has 0 aliphatic carbocycles. The maximum Gasteiger partial charge on any atom is 0.0275 e. The van der Waals surface area contributed by atoms with Crippen molar-refractivity contribution in [3.63, 3.8) is 0 Å². The first-order valence-corrected chi connectivity index (χ1v) is 4.88. The van der Waals surface area contributed by atoms with Crippen molar-refractivity contribution >= 4 is 0 Å². The minimum atomic E-state index is 0.325. The molecule has 2 heteroatoms. The molecule has 1 N–H and O–H groups in total. The Morgan fingerprint density at radius 2 is 2.00 bits per heavy atom. The Hall–Kier alpha value is -0.0800. The van der Waals surface area contributed by atoms with Crippen LogP contribution in [0.3, 0.4) is 0 Å². The quantitative estimate of drug-likeness (QED) is 0.638. The molecule has 1 aliphatic rings. The Bertz CT molecular complexity index is 152. The van der Waals surface area contributed by atoms with Crippen molar-refractivity contribution in [3.05, 3.63) is 0 Å². The number of likely N-dealkylation sites (N-methyl/N-ethyl adjacent to an activating group) is 1. The van der Waals surface area contributed by atoms with Crippen molar-refractivity contribution in [1.29, 1.82) is 0 Å². The minimum Gasteiger partial charge on any atom is -0.311 e. The molecule has 0 aromatic heterocycles. The Balaban J connectivity index is 2.52. The van der Waals surface area contributed by atoms with Gasteiger partial charge in [0, 0.05) is 24.7 Å². The number of nitrogens with zero attached hydrogens (tertiary/aromatic N) is 1. The molecular weight excluding hydrogens is 148 g/mol. The average molecular weight is 170 g/mol. The van der Waals surface area contributed by atoms with E-state index in [1.54, 1.807) is 0 Å². The zero-order chi connectivity index (χ0) is 9.35. The van der Waals surface area contributed by atoms with Crippen molar-refractivity contribution in [1.82, 2.24) is 10.2 Å². The fraction of sp³-hybridized carbons (Fsp3) is 1.00. The third-order valence-electron chi connectivity index (χ3n) is 3.11. The summed E-state index contributed by atoms with van der Waals surface area (Å²) in [5.74, 6) is 0.739. The van der Waals surface area contributed by atoms with Crippen LogP contribution in [-0.2, 0) is 0 Å². The van der Waals surface area contributed by atoms with E-state index in [1.807, 2.05) is 0 Å². The van der Waals surface area contributed by atoms with Crippen LogP contribution in [0, 0.1) is 5.92 Å². The molecular formula is C10H22N2. The van der Waals surface area contributed by atoms with Crippen LogP contribution in [0.1, 0.15) is 27.7 Å². The van der Waals surface area contributed by atoms with Crippen LogP contribution in [0.2, 0.25) is 0 Å². The zero-order valence-corrected chi connectivity index (χ0v) is 9.02. The lowest BCUT2D eigenvalue weighted by atomic mass is 9.94. The van der Waals surface area contributed by atoms with Crippen molar-refractivity contribution in [2.75, 3.05) is 20.1 Å². The van der Waals surface area contributed by atoms with Crippen molar-refractivity contribution in [2.45, 2.75) is 39.3 Å². The highest BCUT2D eigenvalue weighted by atomic mass is 15.2. The van der Waals surface area contributed by atoms with Gasteiger partial charge in [0.1, 0.15) is 0 Å².